The Bertz CT molecular complexity index is 542. The molecule has 126 valence electrons. The highest BCUT2D eigenvalue weighted by Crippen LogP contribution is 2.25. The molecule has 0 spiro atoms. The van der Waals surface area contributed by atoms with Crippen LogP contribution in [0.15, 0.2) is 12.1 Å². The summed E-state index contributed by atoms with van der Waals surface area (Å²) in [4.78, 5) is 15.1. The maximum atomic E-state index is 11.2. The van der Waals surface area contributed by atoms with Crippen molar-refractivity contribution < 1.29 is 14.4 Å². The highest BCUT2D eigenvalue weighted by Gasteiger charge is 2.20. The van der Waals surface area contributed by atoms with Crippen molar-refractivity contribution in [3.63, 3.8) is 0 Å². The van der Waals surface area contributed by atoms with Gasteiger partial charge in [0.15, 0.2) is 0 Å². The van der Waals surface area contributed by atoms with Crippen LogP contribution in [0.2, 0.25) is 0 Å². The number of hydrogen-bond donors (Lipinski definition) is 2. The smallest absolute Gasteiger partial charge is 0.311 e. The van der Waals surface area contributed by atoms with E-state index < -0.39 is 4.92 Å². The molecule has 0 amide bonds. The third-order valence-electron chi connectivity index (χ3n) is 4.13. The fourth-order valence-corrected chi connectivity index (χ4v) is 2.87. The number of rotatable bonds is 7. The Morgan fingerprint density at radius 2 is 1.78 bits per heavy atom. The molecule has 0 aliphatic carbocycles. The first kappa shape index (κ1) is 15.9. The van der Waals surface area contributed by atoms with Gasteiger partial charge in [-0.1, -0.05) is 0 Å². The van der Waals surface area contributed by atoms with Crippen molar-refractivity contribution >= 4 is 17.3 Å². The van der Waals surface area contributed by atoms with Crippen LogP contribution in [-0.2, 0) is 9.47 Å². The lowest BCUT2D eigenvalue weighted by molar-refractivity contribution is -0.384. The van der Waals surface area contributed by atoms with Gasteiger partial charge in [0.2, 0.25) is 5.82 Å². The van der Waals surface area contributed by atoms with Crippen molar-refractivity contribution in [2.24, 2.45) is 0 Å². The second kappa shape index (κ2) is 7.56. The van der Waals surface area contributed by atoms with Crippen LogP contribution in [0.25, 0.3) is 0 Å². The summed E-state index contributed by atoms with van der Waals surface area (Å²) in [6, 6.07) is 3.10. The molecule has 3 heterocycles. The minimum atomic E-state index is -0.422. The van der Waals surface area contributed by atoms with Gasteiger partial charge >= 0.3 is 5.69 Å². The summed E-state index contributed by atoms with van der Waals surface area (Å²) >= 11 is 0. The SMILES string of the molecule is O=[N+]([O-])c1ccc(NC[C@@H]2CCCO2)nc1NC[C@@H]1CCCO1. The van der Waals surface area contributed by atoms with Gasteiger partial charge in [-0.3, -0.25) is 10.1 Å². The summed E-state index contributed by atoms with van der Waals surface area (Å²) in [7, 11) is 0. The van der Waals surface area contributed by atoms with E-state index in [0.717, 1.165) is 38.9 Å². The van der Waals surface area contributed by atoms with Crippen LogP contribution in [0, 0.1) is 10.1 Å². The summed E-state index contributed by atoms with van der Waals surface area (Å²) in [5.74, 6) is 0.892. The Labute approximate surface area is 134 Å². The largest absolute Gasteiger partial charge is 0.376 e. The minimum Gasteiger partial charge on any atom is -0.376 e. The monoisotopic (exact) mass is 322 g/mol. The molecule has 2 atom stereocenters. The molecular formula is C15H22N4O4. The number of nitrogens with zero attached hydrogens (tertiary/aromatic N) is 2. The summed E-state index contributed by atoms with van der Waals surface area (Å²) in [6.45, 7) is 2.75. The van der Waals surface area contributed by atoms with Crippen LogP contribution < -0.4 is 10.6 Å². The molecule has 0 radical (unpaired) electrons. The van der Waals surface area contributed by atoms with Crippen molar-refractivity contribution in [3.05, 3.63) is 22.2 Å². The number of nitrogens with one attached hydrogen (secondary N) is 2. The fourth-order valence-electron chi connectivity index (χ4n) is 2.87. The Kier molecular flexibility index (Phi) is 5.24. The van der Waals surface area contributed by atoms with Crippen molar-refractivity contribution in [3.8, 4) is 0 Å². The van der Waals surface area contributed by atoms with Gasteiger partial charge in [-0.25, -0.2) is 4.98 Å². The maximum absolute atomic E-state index is 11.2. The molecule has 0 saturated carbocycles. The number of ether oxygens (including phenoxy) is 2. The van der Waals surface area contributed by atoms with Crippen LogP contribution >= 0.6 is 0 Å². The molecule has 8 heteroatoms. The number of anilines is 2. The van der Waals surface area contributed by atoms with E-state index in [1.165, 1.54) is 6.07 Å². The zero-order chi connectivity index (χ0) is 16.1. The van der Waals surface area contributed by atoms with Gasteiger partial charge < -0.3 is 20.1 Å². The molecular weight excluding hydrogens is 300 g/mol. The molecule has 0 unspecified atom stereocenters. The molecule has 2 saturated heterocycles. The molecule has 23 heavy (non-hydrogen) atoms. The maximum Gasteiger partial charge on any atom is 0.311 e. The molecule has 2 aliphatic rings. The van der Waals surface area contributed by atoms with Gasteiger partial charge in [0.05, 0.1) is 17.1 Å². The predicted molar refractivity (Wildman–Crippen MR) is 85.8 cm³/mol. The van der Waals surface area contributed by atoms with Crippen molar-refractivity contribution in [2.75, 3.05) is 36.9 Å². The number of hydrogen-bond acceptors (Lipinski definition) is 7. The van der Waals surface area contributed by atoms with E-state index in [9.17, 15) is 10.1 Å². The molecule has 0 aromatic carbocycles. The minimum absolute atomic E-state index is 0.0225. The molecule has 1 aromatic rings. The van der Waals surface area contributed by atoms with Crippen LogP contribution in [0.3, 0.4) is 0 Å². The molecule has 2 aliphatic heterocycles. The molecule has 3 rings (SSSR count). The van der Waals surface area contributed by atoms with Crippen molar-refractivity contribution in [2.45, 2.75) is 37.9 Å². The van der Waals surface area contributed by atoms with E-state index in [1.54, 1.807) is 6.07 Å². The lowest BCUT2D eigenvalue weighted by Gasteiger charge is -2.14. The van der Waals surface area contributed by atoms with Gasteiger partial charge in [-0.2, -0.15) is 0 Å². The second-order valence-corrected chi connectivity index (χ2v) is 5.85. The normalized spacial score (nSPS) is 23.8. The lowest BCUT2D eigenvalue weighted by atomic mass is 10.2. The first-order valence-corrected chi connectivity index (χ1v) is 8.09. The fraction of sp³-hybridized carbons (Fsp3) is 0.667. The zero-order valence-electron chi connectivity index (χ0n) is 13.0. The number of pyridine rings is 1. The summed E-state index contributed by atoms with van der Waals surface area (Å²) in [6.07, 6.45) is 4.40. The highest BCUT2D eigenvalue weighted by molar-refractivity contribution is 5.60. The van der Waals surface area contributed by atoms with Gasteiger partial charge in [0.1, 0.15) is 5.82 Å². The van der Waals surface area contributed by atoms with E-state index in [1.807, 2.05) is 0 Å². The van der Waals surface area contributed by atoms with Gasteiger partial charge in [-0.05, 0) is 31.7 Å². The standard InChI is InChI=1S/C15H22N4O4/c20-19(21)13-5-6-14(16-9-11-3-1-7-22-11)18-15(13)17-10-12-4-2-8-23-12/h5-6,11-12H,1-4,7-10H2,(H2,16,17,18)/t11-,12-/m0/s1. The summed E-state index contributed by atoms with van der Waals surface area (Å²) in [5.41, 5.74) is -0.0225. The van der Waals surface area contributed by atoms with Crippen molar-refractivity contribution in [1.29, 1.82) is 0 Å². The van der Waals surface area contributed by atoms with E-state index >= 15 is 0 Å². The van der Waals surface area contributed by atoms with Crippen LogP contribution in [0.1, 0.15) is 25.7 Å². The molecule has 0 bridgehead atoms. The molecule has 2 fully saturated rings. The van der Waals surface area contributed by atoms with Gasteiger partial charge in [0.25, 0.3) is 0 Å². The Balaban J connectivity index is 1.63. The van der Waals surface area contributed by atoms with E-state index in [2.05, 4.69) is 15.6 Å². The first-order chi connectivity index (χ1) is 11.2. The topological polar surface area (TPSA) is 98.6 Å². The van der Waals surface area contributed by atoms with E-state index in [-0.39, 0.29) is 23.7 Å². The van der Waals surface area contributed by atoms with E-state index in [0.29, 0.717) is 18.9 Å². The Hall–Kier alpha value is -1.93. The van der Waals surface area contributed by atoms with Gasteiger partial charge in [0, 0.05) is 32.4 Å². The molecule has 2 N–H and O–H groups in total. The average Bonchev–Trinajstić information content (AvgIpc) is 3.24. The Morgan fingerprint density at radius 3 is 2.35 bits per heavy atom. The second-order valence-electron chi connectivity index (χ2n) is 5.85. The predicted octanol–water partition coefficient (Wildman–Crippen LogP) is 2.17. The molecule has 8 nitrogen and oxygen atoms in total. The average molecular weight is 322 g/mol. The quantitative estimate of drug-likeness (QED) is 0.586. The number of aromatic nitrogens is 1. The zero-order valence-corrected chi connectivity index (χ0v) is 13.0. The first-order valence-electron chi connectivity index (χ1n) is 8.09. The Morgan fingerprint density at radius 1 is 1.13 bits per heavy atom. The summed E-state index contributed by atoms with van der Waals surface area (Å²) < 4.78 is 11.1. The summed E-state index contributed by atoms with van der Waals surface area (Å²) in [5, 5.41) is 17.4. The lowest BCUT2D eigenvalue weighted by Crippen LogP contribution is -2.21. The molecule has 1 aromatic heterocycles. The van der Waals surface area contributed by atoms with Crippen LogP contribution in [-0.4, -0.2) is 48.4 Å². The highest BCUT2D eigenvalue weighted by atomic mass is 16.6. The third-order valence-corrected chi connectivity index (χ3v) is 4.13. The number of nitro groups is 1. The van der Waals surface area contributed by atoms with Crippen LogP contribution in [0.4, 0.5) is 17.3 Å². The van der Waals surface area contributed by atoms with Crippen LogP contribution in [0.5, 0.6) is 0 Å². The van der Waals surface area contributed by atoms with E-state index in [4.69, 9.17) is 9.47 Å². The van der Waals surface area contributed by atoms with Gasteiger partial charge in [-0.15, -0.1) is 0 Å². The third kappa shape index (κ3) is 4.29. The van der Waals surface area contributed by atoms with Crippen molar-refractivity contribution in [1.82, 2.24) is 4.98 Å².